The summed E-state index contributed by atoms with van der Waals surface area (Å²) >= 11 is 6.14. The van der Waals surface area contributed by atoms with Gasteiger partial charge in [0.2, 0.25) is 5.95 Å². The summed E-state index contributed by atoms with van der Waals surface area (Å²) in [6, 6.07) is 11.8. The molecule has 0 radical (unpaired) electrons. The normalized spacial score (nSPS) is 10.8. The second-order valence-electron chi connectivity index (χ2n) is 5.93. The summed E-state index contributed by atoms with van der Waals surface area (Å²) < 4.78 is 6.32. The Kier molecular flexibility index (Phi) is 5.46. The Morgan fingerprint density at radius 1 is 1.19 bits per heavy atom. The molecule has 2 aromatic carbocycles. The van der Waals surface area contributed by atoms with Gasteiger partial charge in [-0.3, -0.25) is 4.79 Å². The quantitative estimate of drug-likeness (QED) is 0.627. The van der Waals surface area contributed by atoms with E-state index in [1.165, 1.54) is 7.11 Å². The van der Waals surface area contributed by atoms with Gasteiger partial charge in [-0.15, -0.1) is 0 Å². The van der Waals surface area contributed by atoms with E-state index >= 15 is 0 Å². The Hall–Kier alpha value is -2.86. The van der Waals surface area contributed by atoms with Crippen molar-refractivity contribution in [2.75, 3.05) is 25.1 Å². The van der Waals surface area contributed by atoms with Crippen molar-refractivity contribution in [1.29, 1.82) is 0 Å². The summed E-state index contributed by atoms with van der Waals surface area (Å²) in [6.07, 6.45) is 0. The van der Waals surface area contributed by atoms with Crippen molar-refractivity contribution in [2.45, 2.75) is 13.8 Å². The third-order valence-electron chi connectivity index (χ3n) is 4.39. The molecule has 0 aliphatic rings. The Balaban J connectivity index is 2.36. The summed E-state index contributed by atoms with van der Waals surface area (Å²) in [4.78, 5) is 31.8. The highest BCUT2D eigenvalue weighted by Gasteiger charge is 2.18. The molecule has 0 amide bonds. The number of anilines is 1. The van der Waals surface area contributed by atoms with Crippen LogP contribution < -0.4 is 10.5 Å². The Morgan fingerprint density at radius 2 is 1.93 bits per heavy atom. The number of halogens is 1. The molecule has 1 aromatic heterocycles. The van der Waals surface area contributed by atoms with Crippen molar-refractivity contribution in [1.82, 2.24) is 9.55 Å². The fraction of sp³-hybridized carbons (Fsp3) is 0.250. The van der Waals surface area contributed by atoms with E-state index in [0.29, 0.717) is 46.2 Å². The van der Waals surface area contributed by atoms with Gasteiger partial charge in [-0.05, 0) is 50.2 Å². The van der Waals surface area contributed by atoms with E-state index in [4.69, 9.17) is 21.3 Å². The lowest BCUT2D eigenvalue weighted by molar-refractivity contribution is 0.0601. The van der Waals surface area contributed by atoms with Gasteiger partial charge >= 0.3 is 5.97 Å². The largest absolute Gasteiger partial charge is 0.465 e. The van der Waals surface area contributed by atoms with Crippen LogP contribution in [0, 0.1) is 0 Å². The Labute approximate surface area is 162 Å². The molecule has 27 heavy (non-hydrogen) atoms. The van der Waals surface area contributed by atoms with Crippen molar-refractivity contribution in [3.05, 3.63) is 63.4 Å². The van der Waals surface area contributed by atoms with Crippen LogP contribution in [0.2, 0.25) is 5.02 Å². The van der Waals surface area contributed by atoms with Crippen molar-refractivity contribution >= 4 is 34.4 Å². The number of carbonyl (C=O) groups is 1. The van der Waals surface area contributed by atoms with E-state index in [9.17, 15) is 9.59 Å². The predicted octanol–water partition coefficient (Wildman–Crippen LogP) is 3.67. The third-order valence-corrected chi connectivity index (χ3v) is 4.62. The summed E-state index contributed by atoms with van der Waals surface area (Å²) in [5.74, 6) is 0.0314. The van der Waals surface area contributed by atoms with Crippen LogP contribution in [0.25, 0.3) is 16.6 Å². The van der Waals surface area contributed by atoms with E-state index in [1.54, 1.807) is 41.0 Å². The first-order valence-corrected chi connectivity index (χ1v) is 9.04. The van der Waals surface area contributed by atoms with Crippen molar-refractivity contribution in [3.63, 3.8) is 0 Å². The molecule has 3 aromatic rings. The first kappa shape index (κ1) is 18.9. The molecule has 0 saturated heterocycles. The number of carbonyl (C=O) groups excluding carboxylic acids is 1. The molecule has 140 valence electrons. The molecule has 0 aliphatic carbocycles. The van der Waals surface area contributed by atoms with Crippen LogP contribution in [0.1, 0.15) is 24.2 Å². The molecular formula is C20H20ClN3O3. The average molecular weight is 386 g/mol. The maximum atomic E-state index is 13.3. The Bertz CT molecular complexity index is 1060. The molecule has 1 heterocycles. The second kappa shape index (κ2) is 7.80. The first-order valence-electron chi connectivity index (χ1n) is 8.66. The van der Waals surface area contributed by atoms with Gasteiger partial charge in [0.15, 0.2) is 0 Å². The van der Waals surface area contributed by atoms with Gasteiger partial charge in [0.25, 0.3) is 5.56 Å². The fourth-order valence-corrected chi connectivity index (χ4v) is 3.17. The van der Waals surface area contributed by atoms with Crippen LogP contribution in [0.5, 0.6) is 0 Å². The lowest BCUT2D eigenvalue weighted by atomic mass is 10.1. The smallest absolute Gasteiger partial charge is 0.337 e. The highest BCUT2D eigenvalue weighted by molar-refractivity contribution is 6.30. The molecule has 0 bridgehead atoms. The van der Waals surface area contributed by atoms with E-state index in [0.717, 1.165) is 0 Å². The number of nitrogens with zero attached hydrogens (tertiary/aromatic N) is 3. The second-order valence-corrected chi connectivity index (χ2v) is 6.36. The molecule has 0 atom stereocenters. The van der Waals surface area contributed by atoms with Crippen molar-refractivity contribution in [2.24, 2.45) is 0 Å². The lowest BCUT2D eigenvalue weighted by Crippen LogP contribution is -2.32. The number of fused-ring (bicyclic) bond motifs is 1. The minimum atomic E-state index is -0.470. The summed E-state index contributed by atoms with van der Waals surface area (Å²) in [7, 11) is 1.32. The fourth-order valence-electron chi connectivity index (χ4n) is 2.99. The van der Waals surface area contributed by atoms with E-state index in [-0.39, 0.29) is 5.56 Å². The monoisotopic (exact) mass is 385 g/mol. The van der Waals surface area contributed by atoms with E-state index in [2.05, 4.69) is 0 Å². The van der Waals surface area contributed by atoms with Crippen LogP contribution in [0.15, 0.2) is 47.3 Å². The topological polar surface area (TPSA) is 64.4 Å². The van der Waals surface area contributed by atoms with Gasteiger partial charge in [0, 0.05) is 18.1 Å². The van der Waals surface area contributed by atoms with Crippen molar-refractivity contribution in [3.8, 4) is 5.69 Å². The molecular weight excluding hydrogens is 366 g/mol. The van der Waals surface area contributed by atoms with E-state index < -0.39 is 5.97 Å². The lowest BCUT2D eigenvalue weighted by Gasteiger charge is -2.24. The van der Waals surface area contributed by atoms with Gasteiger partial charge < -0.3 is 9.64 Å². The molecule has 0 N–H and O–H groups in total. The Morgan fingerprint density at radius 3 is 2.56 bits per heavy atom. The zero-order valence-electron chi connectivity index (χ0n) is 15.4. The summed E-state index contributed by atoms with van der Waals surface area (Å²) in [5.41, 5.74) is 1.22. The summed E-state index contributed by atoms with van der Waals surface area (Å²) in [6.45, 7) is 5.33. The van der Waals surface area contributed by atoms with Gasteiger partial charge in [0.05, 0.1) is 29.3 Å². The van der Waals surface area contributed by atoms with Crippen molar-refractivity contribution < 1.29 is 9.53 Å². The van der Waals surface area contributed by atoms with Crippen LogP contribution in [0.3, 0.4) is 0 Å². The van der Waals surface area contributed by atoms with Gasteiger partial charge in [0.1, 0.15) is 0 Å². The average Bonchev–Trinajstić information content (AvgIpc) is 2.68. The minimum Gasteiger partial charge on any atom is -0.465 e. The van der Waals surface area contributed by atoms with Gasteiger partial charge in [-0.1, -0.05) is 17.7 Å². The highest BCUT2D eigenvalue weighted by Crippen LogP contribution is 2.22. The van der Waals surface area contributed by atoms with Gasteiger partial charge in [-0.2, -0.15) is 0 Å². The highest BCUT2D eigenvalue weighted by atomic mass is 35.5. The number of methoxy groups -OCH3 is 1. The van der Waals surface area contributed by atoms with Crippen LogP contribution in [0.4, 0.5) is 5.95 Å². The molecule has 0 spiro atoms. The van der Waals surface area contributed by atoms with Gasteiger partial charge in [-0.25, -0.2) is 14.3 Å². The number of esters is 1. The number of ether oxygens (including phenoxy) is 1. The minimum absolute atomic E-state index is 0.222. The third kappa shape index (κ3) is 3.53. The van der Waals surface area contributed by atoms with E-state index in [1.807, 2.05) is 24.8 Å². The van der Waals surface area contributed by atoms with Crippen LogP contribution in [-0.4, -0.2) is 35.7 Å². The maximum absolute atomic E-state index is 13.3. The SMILES string of the molecule is CCN(CC)c1nc2cc(C(=O)OC)ccc2c(=O)n1-c1cccc(Cl)c1. The zero-order chi connectivity index (χ0) is 19.6. The number of benzene rings is 2. The summed E-state index contributed by atoms with van der Waals surface area (Å²) in [5, 5.41) is 0.949. The molecule has 0 unspecified atom stereocenters. The number of hydrogen-bond acceptors (Lipinski definition) is 5. The molecule has 0 saturated carbocycles. The first-order chi connectivity index (χ1) is 13.0. The maximum Gasteiger partial charge on any atom is 0.337 e. The van der Waals surface area contributed by atoms with Crippen LogP contribution >= 0.6 is 11.6 Å². The molecule has 0 aliphatic heterocycles. The zero-order valence-corrected chi connectivity index (χ0v) is 16.2. The number of hydrogen-bond donors (Lipinski definition) is 0. The van der Waals surface area contributed by atoms with Crippen LogP contribution in [-0.2, 0) is 4.74 Å². The molecule has 6 nitrogen and oxygen atoms in total. The number of rotatable bonds is 5. The molecule has 7 heteroatoms. The number of aromatic nitrogens is 2. The molecule has 0 fully saturated rings. The molecule has 3 rings (SSSR count). The standard InChI is InChI=1S/C20H20ClN3O3/c1-4-23(5-2)20-22-17-11-13(19(26)27-3)9-10-16(17)18(25)24(20)15-8-6-7-14(21)12-15/h6-12H,4-5H2,1-3H3. The predicted molar refractivity (Wildman–Crippen MR) is 107 cm³/mol.